The molecule has 0 bridgehead atoms. The van der Waals surface area contributed by atoms with E-state index in [-0.39, 0.29) is 11.7 Å². The zero-order valence-corrected chi connectivity index (χ0v) is 10.4. The molecule has 0 aromatic heterocycles. The molecule has 1 aromatic rings. The van der Waals surface area contributed by atoms with Crippen molar-refractivity contribution in [2.24, 2.45) is 5.92 Å². The van der Waals surface area contributed by atoms with E-state index in [1.807, 2.05) is 0 Å². The first-order valence-corrected chi connectivity index (χ1v) is 6.18. The number of benzene rings is 1. The number of hydrogen-bond donors (Lipinski definition) is 1. The molecule has 1 aliphatic heterocycles. The highest BCUT2D eigenvalue weighted by atomic mass is 79.9. The average molecular weight is 289 g/mol. The van der Waals surface area contributed by atoms with E-state index in [1.165, 1.54) is 6.07 Å². The first kappa shape index (κ1) is 12.0. The van der Waals surface area contributed by atoms with Crippen molar-refractivity contribution in [1.29, 1.82) is 0 Å². The Bertz CT molecular complexity index is 364. The van der Waals surface area contributed by atoms with Gasteiger partial charge < -0.3 is 9.84 Å². The number of hydrogen-bond acceptors (Lipinski definition) is 2. The summed E-state index contributed by atoms with van der Waals surface area (Å²) < 4.78 is 19.6. The van der Waals surface area contributed by atoms with Crippen LogP contribution in [0.25, 0.3) is 0 Å². The lowest BCUT2D eigenvalue weighted by atomic mass is 9.91. The normalized spacial score (nSPS) is 23.1. The summed E-state index contributed by atoms with van der Waals surface area (Å²) in [6, 6.07) is 4.74. The largest absolute Gasteiger partial charge is 0.388 e. The minimum absolute atomic E-state index is 0.00410. The quantitative estimate of drug-likeness (QED) is 0.906. The fourth-order valence-corrected chi connectivity index (χ4v) is 2.34. The standard InChI is InChI=1S/C12H14BrFO2/c13-9-3-4-10(11(14)6-9)12(15)8-2-1-5-16-7-8/h3-4,6,8,12,15H,1-2,5,7H2. The SMILES string of the molecule is OC(c1ccc(Br)cc1F)C1CCCOC1. The van der Waals surface area contributed by atoms with Crippen LogP contribution < -0.4 is 0 Å². The second kappa shape index (κ2) is 5.25. The van der Waals surface area contributed by atoms with E-state index in [0.717, 1.165) is 19.4 Å². The molecule has 0 amide bonds. The van der Waals surface area contributed by atoms with Gasteiger partial charge in [-0.2, -0.15) is 0 Å². The minimum atomic E-state index is -0.770. The summed E-state index contributed by atoms with van der Waals surface area (Å²) in [5.41, 5.74) is 0.360. The van der Waals surface area contributed by atoms with E-state index < -0.39 is 6.10 Å². The van der Waals surface area contributed by atoms with Crippen LogP contribution in [-0.4, -0.2) is 18.3 Å². The van der Waals surface area contributed by atoms with Gasteiger partial charge in [-0.1, -0.05) is 22.0 Å². The topological polar surface area (TPSA) is 29.5 Å². The lowest BCUT2D eigenvalue weighted by Crippen LogP contribution is -2.24. The van der Waals surface area contributed by atoms with E-state index >= 15 is 0 Å². The van der Waals surface area contributed by atoms with E-state index in [4.69, 9.17) is 4.74 Å². The molecular weight excluding hydrogens is 275 g/mol. The lowest BCUT2D eigenvalue weighted by Gasteiger charge is -2.27. The predicted molar refractivity (Wildman–Crippen MR) is 62.6 cm³/mol. The maximum atomic E-state index is 13.6. The maximum Gasteiger partial charge on any atom is 0.130 e. The second-order valence-corrected chi connectivity index (χ2v) is 5.00. The highest BCUT2D eigenvalue weighted by molar-refractivity contribution is 9.10. The number of rotatable bonds is 2. The molecule has 2 atom stereocenters. The summed E-state index contributed by atoms with van der Waals surface area (Å²) in [5, 5.41) is 10.1. The number of ether oxygens (including phenoxy) is 1. The van der Waals surface area contributed by atoms with Gasteiger partial charge in [0.15, 0.2) is 0 Å². The lowest BCUT2D eigenvalue weighted by molar-refractivity contribution is -0.0112. The van der Waals surface area contributed by atoms with Crippen LogP contribution in [0.15, 0.2) is 22.7 Å². The smallest absolute Gasteiger partial charge is 0.130 e. The van der Waals surface area contributed by atoms with Crippen LogP contribution in [0.4, 0.5) is 4.39 Å². The van der Waals surface area contributed by atoms with Gasteiger partial charge in [0.1, 0.15) is 5.82 Å². The van der Waals surface area contributed by atoms with Crippen LogP contribution in [0.2, 0.25) is 0 Å². The van der Waals surface area contributed by atoms with Crippen molar-refractivity contribution in [2.45, 2.75) is 18.9 Å². The number of halogens is 2. The van der Waals surface area contributed by atoms with Gasteiger partial charge in [-0.25, -0.2) is 4.39 Å². The Morgan fingerprint density at radius 2 is 2.31 bits per heavy atom. The molecule has 0 radical (unpaired) electrons. The minimum Gasteiger partial charge on any atom is -0.388 e. The molecule has 4 heteroatoms. The fraction of sp³-hybridized carbons (Fsp3) is 0.500. The van der Waals surface area contributed by atoms with Crippen molar-refractivity contribution >= 4 is 15.9 Å². The summed E-state index contributed by atoms with van der Waals surface area (Å²) in [5.74, 6) is -0.364. The zero-order valence-electron chi connectivity index (χ0n) is 8.83. The van der Waals surface area contributed by atoms with Crippen LogP contribution in [0.5, 0.6) is 0 Å². The van der Waals surface area contributed by atoms with Crippen LogP contribution >= 0.6 is 15.9 Å². The van der Waals surface area contributed by atoms with Crippen LogP contribution in [0, 0.1) is 11.7 Å². The van der Waals surface area contributed by atoms with E-state index in [0.29, 0.717) is 16.6 Å². The molecule has 2 nitrogen and oxygen atoms in total. The Morgan fingerprint density at radius 1 is 1.50 bits per heavy atom. The van der Waals surface area contributed by atoms with Crippen LogP contribution in [0.3, 0.4) is 0 Å². The van der Waals surface area contributed by atoms with Gasteiger partial charge in [0, 0.05) is 22.6 Å². The predicted octanol–water partition coefficient (Wildman–Crippen LogP) is 3.05. The summed E-state index contributed by atoms with van der Waals surface area (Å²) >= 11 is 3.20. The van der Waals surface area contributed by atoms with E-state index in [9.17, 15) is 9.50 Å². The molecule has 1 N–H and O–H groups in total. The highest BCUT2D eigenvalue weighted by Crippen LogP contribution is 2.31. The van der Waals surface area contributed by atoms with Gasteiger partial charge in [-0.15, -0.1) is 0 Å². The van der Waals surface area contributed by atoms with Crippen molar-refractivity contribution in [3.05, 3.63) is 34.1 Å². The number of aliphatic hydroxyl groups is 1. The molecule has 0 saturated carbocycles. The second-order valence-electron chi connectivity index (χ2n) is 4.09. The third-order valence-electron chi connectivity index (χ3n) is 2.92. The summed E-state index contributed by atoms with van der Waals surface area (Å²) in [7, 11) is 0. The van der Waals surface area contributed by atoms with Crippen molar-refractivity contribution < 1.29 is 14.2 Å². The van der Waals surface area contributed by atoms with Gasteiger partial charge >= 0.3 is 0 Å². The van der Waals surface area contributed by atoms with Gasteiger partial charge in [-0.05, 0) is 25.0 Å². The van der Waals surface area contributed by atoms with Crippen LogP contribution in [0.1, 0.15) is 24.5 Å². The first-order valence-electron chi connectivity index (χ1n) is 5.39. The van der Waals surface area contributed by atoms with Crippen molar-refractivity contribution in [3.8, 4) is 0 Å². The zero-order chi connectivity index (χ0) is 11.5. The van der Waals surface area contributed by atoms with Gasteiger partial charge in [0.05, 0.1) is 12.7 Å². The van der Waals surface area contributed by atoms with Gasteiger partial charge in [0.25, 0.3) is 0 Å². The van der Waals surface area contributed by atoms with Crippen molar-refractivity contribution in [1.82, 2.24) is 0 Å². The third-order valence-corrected chi connectivity index (χ3v) is 3.42. The van der Waals surface area contributed by atoms with Gasteiger partial charge in [0.2, 0.25) is 0 Å². The molecule has 1 saturated heterocycles. The molecule has 0 spiro atoms. The third kappa shape index (κ3) is 2.62. The van der Waals surface area contributed by atoms with E-state index in [1.54, 1.807) is 12.1 Å². The molecule has 1 aliphatic rings. The first-order chi connectivity index (χ1) is 7.68. The maximum absolute atomic E-state index is 13.6. The molecule has 16 heavy (non-hydrogen) atoms. The molecular formula is C12H14BrFO2. The Morgan fingerprint density at radius 3 is 2.94 bits per heavy atom. The van der Waals surface area contributed by atoms with Gasteiger partial charge in [-0.3, -0.25) is 0 Å². The molecule has 1 fully saturated rings. The summed E-state index contributed by atoms with van der Waals surface area (Å²) in [6.45, 7) is 1.25. The van der Waals surface area contributed by atoms with Crippen molar-refractivity contribution in [3.63, 3.8) is 0 Å². The fourth-order valence-electron chi connectivity index (χ4n) is 2.01. The van der Waals surface area contributed by atoms with E-state index in [2.05, 4.69) is 15.9 Å². The molecule has 1 heterocycles. The Hall–Kier alpha value is -0.450. The Balaban J connectivity index is 2.15. The molecule has 0 aliphatic carbocycles. The summed E-state index contributed by atoms with van der Waals surface area (Å²) in [4.78, 5) is 0. The van der Waals surface area contributed by atoms with Crippen molar-refractivity contribution in [2.75, 3.05) is 13.2 Å². The van der Waals surface area contributed by atoms with Crippen LogP contribution in [-0.2, 0) is 4.74 Å². The Kier molecular flexibility index (Phi) is 3.95. The molecule has 2 unspecified atom stereocenters. The highest BCUT2D eigenvalue weighted by Gasteiger charge is 2.25. The Labute approximate surface area is 103 Å². The summed E-state index contributed by atoms with van der Waals surface area (Å²) in [6.07, 6.45) is 1.05. The molecule has 88 valence electrons. The number of aliphatic hydroxyl groups excluding tert-OH is 1. The molecule has 2 rings (SSSR count). The molecule has 1 aromatic carbocycles. The monoisotopic (exact) mass is 288 g/mol. The average Bonchev–Trinajstić information content (AvgIpc) is 2.29.